The molecule has 0 amide bonds. The zero-order valence-corrected chi connectivity index (χ0v) is 13.5. The van der Waals surface area contributed by atoms with E-state index in [0.717, 1.165) is 25.4 Å². The molecule has 0 atom stereocenters. The summed E-state index contributed by atoms with van der Waals surface area (Å²) in [6, 6.07) is 12.8. The molecule has 0 unspecified atom stereocenters. The fourth-order valence-electron chi connectivity index (χ4n) is 2.41. The second-order valence-electron chi connectivity index (χ2n) is 6.00. The van der Waals surface area contributed by atoms with Crippen LogP contribution in [0.1, 0.15) is 39.2 Å². The van der Waals surface area contributed by atoms with Gasteiger partial charge in [0.05, 0.1) is 6.61 Å². The lowest BCUT2D eigenvalue weighted by Gasteiger charge is -2.16. The Morgan fingerprint density at radius 1 is 1.10 bits per heavy atom. The summed E-state index contributed by atoms with van der Waals surface area (Å²) in [6.07, 6.45) is 2.44. The smallest absolute Gasteiger partial charge is 0.124 e. The Balaban J connectivity index is 2.23. The van der Waals surface area contributed by atoms with E-state index in [9.17, 15) is 0 Å². The Kier molecular flexibility index (Phi) is 6.06. The van der Waals surface area contributed by atoms with Gasteiger partial charge in [-0.05, 0) is 35.7 Å². The molecule has 0 saturated carbocycles. The molecule has 0 spiro atoms. The molecule has 2 rings (SSSR count). The number of ether oxygens (including phenoxy) is 1. The van der Waals surface area contributed by atoms with Crippen molar-refractivity contribution in [3.8, 4) is 5.75 Å². The predicted octanol–water partition coefficient (Wildman–Crippen LogP) is 4.76. The van der Waals surface area contributed by atoms with E-state index in [1.807, 2.05) is 0 Å². The van der Waals surface area contributed by atoms with Crippen molar-refractivity contribution in [2.75, 3.05) is 13.2 Å². The molecule has 0 bridgehead atoms. The van der Waals surface area contributed by atoms with Crippen LogP contribution in [0.3, 0.4) is 0 Å². The van der Waals surface area contributed by atoms with Crippen molar-refractivity contribution in [3.05, 3.63) is 42.0 Å². The van der Waals surface area contributed by atoms with E-state index in [1.54, 1.807) is 0 Å². The first kappa shape index (κ1) is 15.8. The van der Waals surface area contributed by atoms with Gasteiger partial charge in [0.15, 0.2) is 0 Å². The molecule has 0 aliphatic rings. The molecule has 0 fully saturated rings. The van der Waals surface area contributed by atoms with Crippen molar-refractivity contribution in [2.45, 2.75) is 40.2 Å². The van der Waals surface area contributed by atoms with Crippen molar-refractivity contribution in [3.63, 3.8) is 0 Å². The van der Waals surface area contributed by atoms with Crippen LogP contribution in [0.25, 0.3) is 10.8 Å². The van der Waals surface area contributed by atoms with Crippen molar-refractivity contribution in [1.82, 2.24) is 5.32 Å². The van der Waals surface area contributed by atoms with Crippen LogP contribution in [0.5, 0.6) is 5.75 Å². The maximum atomic E-state index is 6.02. The summed E-state index contributed by atoms with van der Waals surface area (Å²) in [6.45, 7) is 9.27. The highest BCUT2D eigenvalue weighted by molar-refractivity contribution is 5.87. The van der Waals surface area contributed by atoms with Crippen LogP contribution in [0.4, 0.5) is 0 Å². The Morgan fingerprint density at radius 2 is 1.90 bits per heavy atom. The minimum absolute atomic E-state index is 0.539. The molecule has 2 aromatic rings. The zero-order valence-electron chi connectivity index (χ0n) is 13.5. The third-order valence-corrected chi connectivity index (χ3v) is 3.58. The standard InChI is InChI=1S/C19H27NO/c1-4-5-12-20-13-18-17-9-7-6-8-16(17)10-11-19(18)21-14-15(2)3/h6-11,15,20H,4-5,12-14H2,1-3H3. The van der Waals surface area contributed by atoms with E-state index >= 15 is 0 Å². The monoisotopic (exact) mass is 285 g/mol. The average Bonchev–Trinajstić information content (AvgIpc) is 2.50. The van der Waals surface area contributed by atoms with Gasteiger partial charge in [-0.2, -0.15) is 0 Å². The van der Waals surface area contributed by atoms with E-state index in [0.29, 0.717) is 5.92 Å². The number of nitrogens with one attached hydrogen (secondary N) is 1. The van der Waals surface area contributed by atoms with Gasteiger partial charge in [-0.15, -0.1) is 0 Å². The number of benzene rings is 2. The van der Waals surface area contributed by atoms with E-state index in [1.165, 1.54) is 29.2 Å². The first-order valence-electron chi connectivity index (χ1n) is 8.06. The molecule has 0 saturated heterocycles. The summed E-state index contributed by atoms with van der Waals surface area (Å²) in [7, 11) is 0. The number of hydrogen-bond acceptors (Lipinski definition) is 2. The summed E-state index contributed by atoms with van der Waals surface area (Å²) in [5, 5.41) is 6.12. The molecular formula is C19H27NO. The number of rotatable bonds is 8. The minimum Gasteiger partial charge on any atom is -0.493 e. The first-order chi connectivity index (χ1) is 10.2. The number of unbranched alkanes of at least 4 members (excludes halogenated alkanes) is 1. The quantitative estimate of drug-likeness (QED) is 0.706. The van der Waals surface area contributed by atoms with Crippen LogP contribution in [-0.4, -0.2) is 13.2 Å². The number of hydrogen-bond donors (Lipinski definition) is 1. The third kappa shape index (κ3) is 4.47. The Morgan fingerprint density at radius 3 is 2.67 bits per heavy atom. The van der Waals surface area contributed by atoms with Crippen LogP contribution in [0.15, 0.2) is 36.4 Å². The summed E-state index contributed by atoms with van der Waals surface area (Å²) in [5.74, 6) is 1.56. The van der Waals surface area contributed by atoms with Gasteiger partial charge in [0, 0.05) is 12.1 Å². The molecule has 2 nitrogen and oxygen atoms in total. The van der Waals surface area contributed by atoms with Crippen molar-refractivity contribution in [1.29, 1.82) is 0 Å². The molecule has 21 heavy (non-hydrogen) atoms. The molecule has 0 aliphatic carbocycles. The first-order valence-corrected chi connectivity index (χ1v) is 8.06. The van der Waals surface area contributed by atoms with Crippen molar-refractivity contribution < 1.29 is 4.74 Å². The zero-order chi connectivity index (χ0) is 15.1. The average molecular weight is 285 g/mol. The normalized spacial score (nSPS) is 11.2. The van der Waals surface area contributed by atoms with E-state index in [2.05, 4.69) is 62.5 Å². The summed E-state index contributed by atoms with van der Waals surface area (Å²) in [4.78, 5) is 0. The van der Waals surface area contributed by atoms with Gasteiger partial charge in [0.2, 0.25) is 0 Å². The fraction of sp³-hybridized carbons (Fsp3) is 0.474. The van der Waals surface area contributed by atoms with Gasteiger partial charge in [-0.1, -0.05) is 57.5 Å². The Hall–Kier alpha value is -1.54. The van der Waals surface area contributed by atoms with Gasteiger partial charge in [0.25, 0.3) is 0 Å². The fourth-order valence-corrected chi connectivity index (χ4v) is 2.41. The van der Waals surface area contributed by atoms with E-state index < -0.39 is 0 Å². The largest absolute Gasteiger partial charge is 0.493 e. The highest BCUT2D eigenvalue weighted by Crippen LogP contribution is 2.28. The molecule has 114 valence electrons. The highest BCUT2D eigenvalue weighted by atomic mass is 16.5. The van der Waals surface area contributed by atoms with Crippen molar-refractivity contribution >= 4 is 10.8 Å². The van der Waals surface area contributed by atoms with Crippen LogP contribution >= 0.6 is 0 Å². The minimum atomic E-state index is 0.539. The summed E-state index contributed by atoms with van der Waals surface area (Å²) >= 11 is 0. The van der Waals surface area contributed by atoms with Gasteiger partial charge < -0.3 is 10.1 Å². The van der Waals surface area contributed by atoms with Gasteiger partial charge in [-0.3, -0.25) is 0 Å². The molecule has 0 aliphatic heterocycles. The molecule has 0 heterocycles. The van der Waals surface area contributed by atoms with Crippen LogP contribution in [0, 0.1) is 5.92 Å². The third-order valence-electron chi connectivity index (χ3n) is 3.58. The lowest BCUT2D eigenvalue weighted by molar-refractivity contribution is 0.268. The summed E-state index contributed by atoms with van der Waals surface area (Å²) in [5.41, 5.74) is 1.28. The van der Waals surface area contributed by atoms with Gasteiger partial charge in [-0.25, -0.2) is 0 Å². The lowest BCUT2D eigenvalue weighted by Crippen LogP contribution is -2.16. The van der Waals surface area contributed by atoms with Crippen LogP contribution in [0.2, 0.25) is 0 Å². The van der Waals surface area contributed by atoms with Crippen molar-refractivity contribution in [2.24, 2.45) is 5.92 Å². The maximum absolute atomic E-state index is 6.02. The lowest BCUT2D eigenvalue weighted by atomic mass is 10.0. The Bertz CT molecular complexity index is 562. The second-order valence-corrected chi connectivity index (χ2v) is 6.00. The molecule has 0 radical (unpaired) electrons. The van der Waals surface area contributed by atoms with E-state index in [-0.39, 0.29) is 0 Å². The van der Waals surface area contributed by atoms with Crippen LogP contribution < -0.4 is 10.1 Å². The molecule has 2 heteroatoms. The molecule has 2 aromatic carbocycles. The highest BCUT2D eigenvalue weighted by Gasteiger charge is 2.09. The Labute approximate surface area is 128 Å². The molecule has 1 N–H and O–H groups in total. The van der Waals surface area contributed by atoms with Crippen LogP contribution in [-0.2, 0) is 6.54 Å². The summed E-state index contributed by atoms with van der Waals surface area (Å²) < 4.78 is 6.02. The second kappa shape index (κ2) is 8.04. The maximum Gasteiger partial charge on any atom is 0.124 e. The predicted molar refractivity (Wildman–Crippen MR) is 90.9 cm³/mol. The number of fused-ring (bicyclic) bond motifs is 1. The molecule has 0 aromatic heterocycles. The van der Waals surface area contributed by atoms with Gasteiger partial charge in [0.1, 0.15) is 5.75 Å². The van der Waals surface area contributed by atoms with Gasteiger partial charge >= 0.3 is 0 Å². The molecular weight excluding hydrogens is 258 g/mol. The van der Waals surface area contributed by atoms with E-state index in [4.69, 9.17) is 4.74 Å². The topological polar surface area (TPSA) is 21.3 Å². The SMILES string of the molecule is CCCCNCc1c(OCC(C)C)ccc2ccccc12.